The molecule has 2 aromatic heterocycles. The van der Waals surface area contributed by atoms with Crippen LogP contribution < -0.4 is 5.32 Å². The number of hydrogen-bond donors (Lipinski definition) is 1. The van der Waals surface area contributed by atoms with Crippen LogP contribution in [-0.2, 0) is 10.2 Å². The average Bonchev–Trinajstić information content (AvgIpc) is 3.35. The van der Waals surface area contributed by atoms with Crippen molar-refractivity contribution in [3.63, 3.8) is 0 Å². The number of pyridine rings is 1. The van der Waals surface area contributed by atoms with Crippen molar-refractivity contribution in [3.05, 3.63) is 42.4 Å². The lowest BCUT2D eigenvalue weighted by atomic mass is 10.1. The number of nitrogens with zero attached hydrogens (tertiary/aromatic N) is 5. The molecule has 0 bridgehead atoms. The zero-order valence-electron chi connectivity index (χ0n) is 14.5. The lowest BCUT2D eigenvalue weighted by Gasteiger charge is -2.28. The van der Waals surface area contributed by atoms with E-state index in [4.69, 9.17) is 0 Å². The fourth-order valence-electron chi connectivity index (χ4n) is 3.55. The molecule has 0 radical (unpaired) electrons. The molecular formula is C17H22N6O2S. The van der Waals surface area contributed by atoms with Gasteiger partial charge in [0.2, 0.25) is 5.95 Å². The standard InChI is InChI=1S/C17H22N6O2S/c24-26(25,22-11-3-4-12-22)23-13-5-6-15(23)14-8-10-19-17(20-14)21-16-7-1-2-9-18-16/h1-2,7-10,15H,3-6,11-13H2,(H,18,19,20,21). The molecule has 4 heterocycles. The number of nitrogens with one attached hydrogen (secondary N) is 1. The first-order valence-corrected chi connectivity index (χ1v) is 10.3. The second-order valence-corrected chi connectivity index (χ2v) is 8.41. The van der Waals surface area contributed by atoms with Crippen LogP contribution in [0.3, 0.4) is 0 Å². The molecule has 0 aromatic carbocycles. The highest BCUT2D eigenvalue weighted by Crippen LogP contribution is 2.35. The molecule has 2 aromatic rings. The molecule has 2 aliphatic rings. The fourth-order valence-corrected chi connectivity index (χ4v) is 5.46. The predicted molar refractivity (Wildman–Crippen MR) is 98.0 cm³/mol. The Hall–Kier alpha value is -2.10. The summed E-state index contributed by atoms with van der Waals surface area (Å²) in [5, 5.41) is 3.06. The van der Waals surface area contributed by atoms with Crippen LogP contribution >= 0.6 is 0 Å². The van der Waals surface area contributed by atoms with Gasteiger partial charge < -0.3 is 5.32 Å². The summed E-state index contributed by atoms with van der Waals surface area (Å²) < 4.78 is 29.2. The van der Waals surface area contributed by atoms with Gasteiger partial charge in [0, 0.05) is 32.0 Å². The molecule has 4 rings (SSSR count). The van der Waals surface area contributed by atoms with Gasteiger partial charge in [0.1, 0.15) is 5.82 Å². The predicted octanol–water partition coefficient (Wildman–Crippen LogP) is 2.09. The van der Waals surface area contributed by atoms with Crippen molar-refractivity contribution in [1.29, 1.82) is 0 Å². The molecule has 1 atom stereocenters. The Morgan fingerprint density at radius 3 is 2.62 bits per heavy atom. The van der Waals surface area contributed by atoms with Gasteiger partial charge in [-0.2, -0.15) is 17.0 Å². The highest BCUT2D eigenvalue weighted by atomic mass is 32.2. The van der Waals surface area contributed by atoms with Crippen molar-refractivity contribution in [2.75, 3.05) is 25.0 Å². The molecular weight excluding hydrogens is 352 g/mol. The van der Waals surface area contributed by atoms with Crippen molar-refractivity contribution in [2.24, 2.45) is 0 Å². The van der Waals surface area contributed by atoms with Gasteiger partial charge in [-0.1, -0.05) is 6.07 Å². The number of hydrogen-bond acceptors (Lipinski definition) is 6. The Kier molecular flexibility index (Phi) is 4.84. The first kappa shape index (κ1) is 17.3. The minimum Gasteiger partial charge on any atom is -0.309 e. The maximum Gasteiger partial charge on any atom is 0.282 e. The van der Waals surface area contributed by atoms with E-state index in [9.17, 15) is 8.42 Å². The summed E-state index contributed by atoms with van der Waals surface area (Å²) in [6.07, 6.45) is 6.82. The second kappa shape index (κ2) is 7.26. The average molecular weight is 374 g/mol. The lowest BCUT2D eigenvalue weighted by Crippen LogP contribution is -2.42. The third-order valence-corrected chi connectivity index (χ3v) is 6.86. The molecule has 2 aliphatic heterocycles. The Morgan fingerprint density at radius 1 is 1.00 bits per heavy atom. The van der Waals surface area contributed by atoms with Crippen molar-refractivity contribution in [2.45, 2.75) is 31.7 Å². The van der Waals surface area contributed by atoms with Gasteiger partial charge in [0.15, 0.2) is 0 Å². The van der Waals surface area contributed by atoms with Crippen LogP contribution in [0.5, 0.6) is 0 Å². The van der Waals surface area contributed by atoms with Crippen LogP contribution in [-0.4, -0.2) is 51.6 Å². The Morgan fingerprint density at radius 2 is 1.85 bits per heavy atom. The molecule has 0 spiro atoms. The third-order valence-electron chi connectivity index (χ3n) is 4.81. The SMILES string of the molecule is O=S(=O)(N1CCCC1)N1CCCC1c1ccnc(Nc2ccccn2)n1. The molecule has 1 N–H and O–H groups in total. The van der Waals surface area contributed by atoms with Crippen molar-refractivity contribution in [1.82, 2.24) is 23.6 Å². The van der Waals surface area contributed by atoms with E-state index < -0.39 is 10.2 Å². The van der Waals surface area contributed by atoms with Crippen molar-refractivity contribution in [3.8, 4) is 0 Å². The molecule has 0 saturated carbocycles. The Balaban J connectivity index is 1.57. The summed E-state index contributed by atoms with van der Waals surface area (Å²) in [6.45, 7) is 1.76. The summed E-state index contributed by atoms with van der Waals surface area (Å²) in [6, 6.07) is 7.10. The molecule has 26 heavy (non-hydrogen) atoms. The van der Waals surface area contributed by atoms with Crippen molar-refractivity contribution < 1.29 is 8.42 Å². The third kappa shape index (κ3) is 3.42. The molecule has 0 aliphatic carbocycles. The van der Waals surface area contributed by atoms with Crippen LogP contribution in [0, 0.1) is 0 Å². The van der Waals surface area contributed by atoms with E-state index in [1.165, 1.54) is 0 Å². The number of aromatic nitrogens is 3. The topological polar surface area (TPSA) is 91.3 Å². The lowest BCUT2D eigenvalue weighted by molar-refractivity contribution is 0.345. The summed E-state index contributed by atoms with van der Waals surface area (Å²) in [7, 11) is -3.43. The fraction of sp³-hybridized carbons (Fsp3) is 0.471. The van der Waals surface area contributed by atoms with Crippen LogP contribution in [0.2, 0.25) is 0 Å². The number of rotatable bonds is 5. The van der Waals surface area contributed by atoms with E-state index in [2.05, 4.69) is 20.3 Å². The van der Waals surface area contributed by atoms with Crippen LogP contribution in [0.1, 0.15) is 37.4 Å². The molecule has 1 unspecified atom stereocenters. The normalized spacial score (nSPS) is 21.9. The minimum atomic E-state index is -3.43. The number of anilines is 2. The highest BCUT2D eigenvalue weighted by molar-refractivity contribution is 7.86. The Bertz CT molecular complexity index is 855. The Labute approximate surface area is 153 Å². The minimum absolute atomic E-state index is 0.243. The summed E-state index contributed by atoms with van der Waals surface area (Å²) in [5.41, 5.74) is 0.721. The van der Waals surface area contributed by atoms with Crippen LogP contribution in [0.4, 0.5) is 11.8 Å². The van der Waals surface area contributed by atoms with E-state index >= 15 is 0 Å². The highest BCUT2D eigenvalue weighted by Gasteiger charge is 2.40. The van der Waals surface area contributed by atoms with Gasteiger partial charge in [-0.05, 0) is 43.9 Å². The first-order valence-electron chi connectivity index (χ1n) is 8.92. The van der Waals surface area contributed by atoms with Gasteiger partial charge in [0.05, 0.1) is 11.7 Å². The van der Waals surface area contributed by atoms with Gasteiger partial charge in [0.25, 0.3) is 10.2 Å². The van der Waals surface area contributed by atoms with Gasteiger partial charge >= 0.3 is 0 Å². The van der Waals surface area contributed by atoms with E-state index in [1.54, 1.807) is 27.1 Å². The monoisotopic (exact) mass is 374 g/mol. The molecule has 0 amide bonds. The zero-order chi connectivity index (χ0) is 18.0. The molecule has 138 valence electrons. The largest absolute Gasteiger partial charge is 0.309 e. The maximum absolute atomic E-state index is 13.0. The summed E-state index contributed by atoms with van der Waals surface area (Å²) in [4.78, 5) is 13.0. The first-order chi connectivity index (χ1) is 12.6. The molecule has 2 saturated heterocycles. The van der Waals surface area contributed by atoms with E-state index in [1.807, 2.05) is 18.2 Å². The smallest absolute Gasteiger partial charge is 0.282 e. The quantitative estimate of drug-likeness (QED) is 0.862. The van der Waals surface area contributed by atoms with Gasteiger partial charge in [-0.15, -0.1) is 0 Å². The van der Waals surface area contributed by atoms with Crippen LogP contribution in [0.15, 0.2) is 36.7 Å². The van der Waals surface area contributed by atoms with E-state index in [0.29, 0.717) is 31.4 Å². The van der Waals surface area contributed by atoms with Gasteiger partial charge in [-0.3, -0.25) is 0 Å². The zero-order valence-corrected chi connectivity index (χ0v) is 15.3. The molecule has 2 fully saturated rings. The maximum atomic E-state index is 13.0. The van der Waals surface area contributed by atoms with Crippen molar-refractivity contribution >= 4 is 22.0 Å². The summed E-state index contributed by atoms with van der Waals surface area (Å²) in [5.74, 6) is 1.07. The van der Waals surface area contributed by atoms with E-state index in [0.717, 1.165) is 31.4 Å². The van der Waals surface area contributed by atoms with E-state index in [-0.39, 0.29) is 6.04 Å². The van der Waals surface area contributed by atoms with Gasteiger partial charge in [-0.25, -0.2) is 15.0 Å². The molecule has 8 nitrogen and oxygen atoms in total. The summed E-state index contributed by atoms with van der Waals surface area (Å²) >= 11 is 0. The van der Waals surface area contributed by atoms with Crippen LogP contribution in [0.25, 0.3) is 0 Å². The second-order valence-electron chi connectivity index (χ2n) is 6.53. The molecule has 9 heteroatoms.